The number of aliphatic imine (C=N–C) groups is 2. The van der Waals surface area contributed by atoms with E-state index in [1.807, 2.05) is 0 Å². The summed E-state index contributed by atoms with van der Waals surface area (Å²) in [5, 5.41) is 0. The summed E-state index contributed by atoms with van der Waals surface area (Å²) in [5.74, 6) is 0. The smallest absolute Gasteiger partial charge is 0.211 e. The Morgan fingerprint density at radius 3 is 2.60 bits per heavy atom. The Bertz CT molecular complexity index is 210. The van der Waals surface area contributed by atoms with Gasteiger partial charge >= 0.3 is 0 Å². The molecule has 0 aromatic carbocycles. The number of carbonyl (C=O) groups excluding carboxylic acids is 2. The van der Waals surface area contributed by atoms with Crippen LogP contribution in [0.25, 0.3) is 0 Å². The minimum Gasteiger partial charge on any atom is -0.211 e. The zero-order valence-corrected chi connectivity index (χ0v) is 5.44. The first-order valence-electron chi connectivity index (χ1n) is 2.62. The highest BCUT2D eigenvalue weighted by molar-refractivity contribution is 5.35. The van der Waals surface area contributed by atoms with E-state index in [1.165, 1.54) is 24.4 Å². The fourth-order valence-corrected chi connectivity index (χ4v) is 0.324. The van der Waals surface area contributed by atoms with Gasteiger partial charge in [-0.2, -0.15) is 9.98 Å². The van der Waals surface area contributed by atoms with E-state index in [9.17, 15) is 9.59 Å². The van der Waals surface area contributed by atoms with E-state index >= 15 is 0 Å². The van der Waals surface area contributed by atoms with Crippen molar-refractivity contribution in [2.24, 2.45) is 9.98 Å². The van der Waals surface area contributed by atoms with Crippen LogP contribution in [0.1, 0.15) is 6.92 Å². The molecule has 0 fully saturated rings. The van der Waals surface area contributed by atoms with Crippen molar-refractivity contribution in [3.8, 4) is 0 Å². The molecular formula is C6H6N2O2. The zero-order valence-electron chi connectivity index (χ0n) is 5.44. The van der Waals surface area contributed by atoms with Gasteiger partial charge in [-0.3, -0.25) is 0 Å². The van der Waals surface area contributed by atoms with Crippen molar-refractivity contribution in [3.05, 3.63) is 12.3 Å². The predicted molar refractivity (Wildman–Crippen MR) is 34.8 cm³/mol. The van der Waals surface area contributed by atoms with Crippen molar-refractivity contribution >= 4 is 12.2 Å². The molecule has 10 heavy (non-hydrogen) atoms. The van der Waals surface area contributed by atoms with Crippen LogP contribution in [0.3, 0.4) is 0 Å². The number of hydrogen-bond acceptors (Lipinski definition) is 4. The van der Waals surface area contributed by atoms with E-state index in [1.54, 1.807) is 6.92 Å². The lowest BCUT2D eigenvalue weighted by Crippen LogP contribution is -1.88. The largest absolute Gasteiger partial charge is 0.239 e. The standard InChI is InChI=1S/C6H6N2O2/c1-6(8-5-10)2-3-7-4-9/h2-3,6H,1H3. The molecule has 0 aliphatic heterocycles. The lowest BCUT2D eigenvalue weighted by atomic mass is 10.3. The molecule has 0 N–H and O–H groups in total. The van der Waals surface area contributed by atoms with Crippen molar-refractivity contribution < 1.29 is 9.59 Å². The second-order valence-electron chi connectivity index (χ2n) is 1.52. The highest BCUT2D eigenvalue weighted by atomic mass is 16.1. The lowest BCUT2D eigenvalue weighted by molar-refractivity contribution is 0.561. The number of isocyanates is 2. The molecule has 0 aliphatic carbocycles. The summed E-state index contributed by atoms with van der Waals surface area (Å²) in [5.41, 5.74) is 0. The summed E-state index contributed by atoms with van der Waals surface area (Å²) in [4.78, 5) is 25.5. The molecular weight excluding hydrogens is 132 g/mol. The Morgan fingerprint density at radius 2 is 2.10 bits per heavy atom. The van der Waals surface area contributed by atoms with E-state index < -0.39 is 0 Å². The Morgan fingerprint density at radius 1 is 1.40 bits per heavy atom. The highest BCUT2D eigenvalue weighted by Gasteiger charge is 1.87. The summed E-state index contributed by atoms with van der Waals surface area (Å²) in [7, 11) is 0. The van der Waals surface area contributed by atoms with Crippen LogP contribution < -0.4 is 0 Å². The number of rotatable bonds is 3. The number of nitrogens with zero attached hydrogens (tertiary/aromatic N) is 2. The molecule has 0 amide bonds. The SMILES string of the molecule is CC(C=CN=C=O)N=C=O. The van der Waals surface area contributed by atoms with Gasteiger partial charge in [-0.05, 0) is 13.0 Å². The third-order valence-corrected chi connectivity index (χ3v) is 0.748. The quantitative estimate of drug-likeness (QED) is 0.422. The van der Waals surface area contributed by atoms with Crippen LogP contribution in [-0.2, 0) is 9.59 Å². The maximum Gasteiger partial charge on any atom is 0.239 e. The molecule has 52 valence electrons. The van der Waals surface area contributed by atoms with Gasteiger partial charge in [-0.1, -0.05) is 0 Å². The van der Waals surface area contributed by atoms with Crippen molar-refractivity contribution in [1.82, 2.24) is 0 Å². The normalized spacial score (nSPS) is 11.7. The molecule has 0 aromatic rings. The third kappa shape index (κ3) is 4.65. The summed E-state index contributed by atoms with van der Waals surface area (Å²) < 4.78 is 0. The first-order valence-corrected chi connectivity index (χ1v) is 2.62. The molecule has 0 aromatic heterocycles. The summed E-state index contributed by atoms with van der Waals surface area (Å²) in [6.07, 6.45) is 5.41. The lowest BCUT2D eigenvalue weighted by Gasteiger charge is -1.88. The predicted octanol–water partition coefficient (Wildman–Crippen LogP) is 0.560. The van der Waals surface area contributed by atoms with Crippen LogP contribution in [0.2, 0.25) is 0 Å². The average Bonchev–Trinajstić information content (AvgIpc) is 1.89. The van der Waals surface area contributed by atoms with E-state index in [0.29, 0.717) is 0 Å². The van der Waals surface area contributed by atoms with E-state index in [4.69, 9.17) is 0 Å². The molecule has 1 unspecified atom stereocenters. The minimum absolute atomic E-state index is 0.283. The first-order chi connectivity index (χ1) is 4.81. The summed E-state index contributed by atoms with van der Waals surface area (Å²) in [6, 6.07) is -0.283. The van der Waals surface area contributed by atoms with Gasteiger partial charge in [0.05, 0.1) is 6.04 Å². The summed E-state index contributed by atoms with van der Waals surface area (Å²) >= 11 is 0. The van der Waals surface area contributed by atoms with Gasteiger partial charge in [0.25, 0.3) is 0 Å². The van der Waals surface area contributed by atoms with Crippen LogP contribution in [0.5, 0.6) is 0 Å². The Hall–Kier alpha value is -1.50. The van der Waals surface area contributed by atoms with Gasteiger partial charge in [0.1, 0.15) is 0 Å². The topological polar surface area (TPSA) is 58.9 Å². The average molecular weight is 138 g/mol. The fraction of sp³-hybridized carbons (Fsp3) is 0.333. The molecule has 0 aliphatic rings. The maximum atomic E-state index is 9.61. The van der Waals surface area contributed by atoms with Crippen LogP contribution >= 0.6 is 0 Å². The van der Waals surface area contributed by atoms with E-state index in [-0.39, 0.29) is 6.04 Å². The maximum absolute atomic E-state index is 9.61. The van der Waals surface area contributed by atoms with Crippen LogP contribution in [0.15, 0.2) is 22.3 Å². The van der Waals surface area contributed by atoms with Crippen molar-refractivity contribution in [2.75, 3.05) is 0 Å². The van der Waals surface area contributed by atoms with Gasteiger partial charge < -0.3 is 0 Å². The van der Waals surface area contributed by atoms with Crippen molar-refractivity contribution in [3.63, 3.8) is 0 Å². The molecule has 0 spiro atoms. The second-order valence-corrected chi connectivity index (χ2v) is 1.52. The van der Waals surface area contributed by atoms with E-state index in [2.05, 4.69) is 9.98 Å². The molecule has 0 rings (SSSR count). The Balaban J connectivity index is 3.88. The molecule has 1 atom stereocenters. The molecule has 0 saturated carbocycles. The highest BCUT2D eigenvalue weighted by Crippen LogP contribution is 1.88. The molecule has 4 nitrogen and oxygen atoms in total. The van der Waals surface area contributed by atoms with Gasteiger partial charge in [-0.25, -0.2) is 9.59 Å². The van der Waals surface area contributed by atoms with Gasteiger partial charge in [-0.15, -0.1) is 0 Å². The second kappa shape index (κ2) is 5.63. The summed E-state index contributed by atoms with van der Waals surface area (Å²) in [6.45, 7) is 1.67. The molecule has 0 radical (unpaired) electrons. The fourth-order valence-electron chi connectivity index (χ4n) is 0.324. The molecule has 4 heteroatoms. The zero-order chi connectivity index (χ0) is 7.82. The van der Waals surface area contributed by atoms with Crippen LogP contribution in [0.4, 0.5) is 0 Å². The molecule has 0 bridgehead atoms. The first kappa shape index (κ1) is 8.50. The Kier molecular flexibility index (Phi) is 4.79. The monoisotopic (exact) mass is 138 g/mol. The van der Waals surface area contributed by atoms with Gasteiger partial charge in [0, 0.05) is 6.20 Å². The Labute approximate surface area is 58.0 Å². The molecule has 0 heterocycles. The number of hydrogen-bond donors (Lipinski definition) is 0. The van der Waals surface area contributed by atoms with Crippen LogP contribution in [0, 0.1) is 0 Å². The van der Waals surface area contributed by atoms with Crippen LogP contribution in [-0.4, -0.2) is 18.2 Å². The van der Waals surface area contributed by atoms with E-state index in [0.717, 1.165) is 0 Å². The van der Waals surface area contributed by atoms with Crippen molar-refractivity contribution in [1.29, 1.82) is 0 Å². The van der Waals surface area contributed by atoms with Gasteiger partial charge in [0.2, 0.25) is 12.2 Å². The molecule has 0 saturated heterocycles. The third-order valence-electron chi connectivity index (χ3n) is 0.748. The van der Waals surface area contributed by atoms with Gasteiger partial charge in [0.15, 0.2) is 0 Å². The van der Waals surface area contributed by atoms with Crippen molar-refractivity contribution in [2.45, 2.75) is 13.0 Å². The minimum atomic E-state index is -0.283.